The molecule has 0 saturated heterocycles. The Labute approximate surface area is 178 Å². The second kappa shape index (κ2) is 7.03. The Morgan fingerprint density at radius 2 is 1.77 bits per heavy atom. The normalized spacial score (nSPS) is 40.1. The summed E-state index contributed by atoms with van der Waals surface area (Å²) in [6, 6.07) is 6.06. The number of hydrogen-bond acceptors (Lipinski definition) is 2. The van der Waals surface area contributed by atoms with Gasteiger partial charge >= 0.3 is 0 Å². The van der Waals surface area contributed by atoms with Gasteiger partial charge in [0.05, 0.1) is 0 Å². The van der Waals surface area contributed by atoms with E-state index in [1.165, 1.54) is 17.7 Å². The van der Waals surface area contributed by atoms with Gasteiger partial charge in [0.2, 0.25) is 5.91 Å². The molecule has 0 heterocycles. The molecule has 0 unspecified atom stereocenters. The Balaban J connectivity index is 1.36. The number of amides is 1. The van der Waals surface area contributed by atoms with Crippen molar-refractivity contribution in [2.45, 2.75) is 65.2 Å². The highest BCUT2D eigenvalue weighted by Crippen LogP contribution is 2.66. The quantitative estimate of drug-likeness (QED) is 0.660. The summed E-state index contributed by atoms with van der Waals surface area (Å²) in [5.41, 5.74) is 2.28. The van der Waals surface area contributed by atoms with Gasteiger partial charge < -0.3 is 5.32 Å². The molecule has 3 saturated carbocycles. The van der Waals surface area contributed by atoms with Crippen LogP contribution in [0.5, 0.6) is 0 Å². The second-order valence-electron chi connectivity index (χ2n) is 10.6. The first kappa shape index (κ1) is 20.0. The standard InChI is InChI=1S/C26H32FNO2/c1-25-13-11-19(29)15-16(25)3-8-20-21-9-10-23(26(21,2)14-12-22(20)25)24(30)28-18-6-4-17(27)5-7-18/h4-7,15,20-23H,3,8-14H2,1-2H3,(H,28,30)/t20-,21-,22-,23+,25-,26-/m0/s1. The van der Waals surface area contributed by atoms with Crippen LogP contribution in [0.25, 0.3) is 0 Å². The van der Waals surface area contributed by atoms with Crippen molar-refractivity contribution in [3.05, 3.63) is 41.7 Å². The third-order valence-corrected chi connectivity index (χ3v) is 9.39. The van der Waals surface area contributed by atoms with E-state index in [4.69, 9.17) is 0 Å². The largest absolute Gasteiger partial charge is 0.326 e. The zero-order valence-corrected chi connectivity index (χ0v) is 18.0. The molecule has 4 heteroatoms. The van der Waals surface area contributed by atoms with E-state index < -0.39 is 0 Å². The maximum Gasteiger partial charge on any atom is 0.228 e. The summed E-state index contributed by atoms with van der Waals surface area (Å²) in [4.78, 5) is 25.2. The lowest BCUT2D eigenvalue weighted by atomic mass is 9.47. The molecule has 6 atom stereocenters. The van der Waals surface area contributed by atoms with Crippen LogP contribution in [0, 0.1) is 40.3 Å². The molecular weight excluding hydrogens is 377 g/mol. The molecule has 3 nitrogen and oxygen atoms in total. The smallest absolute Gasteiger partial charge is 0.228 e. The van der Waals surface area contributed by atoms with Crippen molar-refractivity contribution in [2.24, 2.45) is 34.5 Å². The summed E-state index contributed by atoms with van der Waals surface area (Å²) in [7, 11) is 0. The van der Waals surface area contributed by atoms with Crippen molar-refractivity contribution in [3.8, 4) is 0 Å². The molecular formula is C26H32FNO2. The molecule has 1 amide bonds. The summed E-state index contributed by atoms with van der Waals surface area (Å²) in [6.07, 6.45) is 10.1. The first-order valence-corrected chi connectivity index (χ1v) is 11.6. The van der Waals surface area contributed by atoms with E-state index in [1.54, 1.807) is 12.1 Å². The Kier molecular flexibility index (Phi) is 4.68. The van der Waals surface area contributed by atoms with Crippen molar-refractivity contribution in [2.75, 3.05) is 5.32 Å². The van der Waals surface area contributed by atoms with Crippen molar-refractivity contribution >= 4 is 17.4 Å². The minimum absolute atomic E-state index is 0.0196. The number of carbonyl (C=O) groups is 2. The number of nitrogens with one attached hydrogen (secondary N) is 1. The number of allylic oxidation sites excluding steroid dienone is 1. The van der Waals surface area contributed by atoms with Crippen LogP contribution in [-0.4, -0.2) is 11.7 Å². The summed E-state index contributed by atoms with van der Waals surface area (Å²) >= 11 is 0. The first-order valence-electron chi connectivity index (χ1n) is 11.6. The highest BCUT2D eigenvalue weighted by atomic mass is 19.1. The molecule has 0 aliphatic heterocycles. The molecule has 30 heavy (non-hydrogen) atoms. The van der Waals surface area contributed by atoms with Gasteiger partial charge in [-0.2, -0.15) is 0 Å². The molecule has 4 aliphatic carbocycles. The van der Waals surface area contributed by atoms with Crippen molar-refractivity contribution in [3.63, 3.8) is 0 Å². The minimum Gasteiger partial charge on any atom is -0.326 e. The van der Waals surface area contributed by atoms with E-state index >= 15 is 0 Å². The van der Waals surface area contributed by atoms with Crippen LogP contribution in [0.15, 0.2) is 35.9 Å². The third-order valence-electron chi connectivity index (χ3n) is 9.39. The van der Waals surface area contributed by atoms with Crippen molar-refractivity contribution in [1.29, 1.82) is 0 Å². The molecule has 4 aliphatic rings. The molecule has 0 spiro atoms. The number of hydrogen-bond donors (Lipinski definition) is 1. The number of ketones is 1. The first-order chi connectivity index (χ1) is 14.3. The van der Waals surface area contributed by atoms with Crippen LogP contribution >= 0.6 is 0 Å². The average Bonchev–Trinajstić information content (AvgIpc) is 3.07. The number of rotatable bonds is 2. The summed E-state index contributed by atoms with van der Waals surface area (Å²) in [5, 5.41) is 3.05. The van der Waals surface area contributed by atoms with Gasteiger partial charge in [-0.1, -0.05) is 19.4 Å². The third kappa shape index (κ3) is 2.98. The van der Waals surface area contributed by atoms with Gasteiger partial charge in [0, 0.05) is 18.0 Å². The average molecular weight is 410 g/mol. The molecule has 0 aromatic heterocycles. The number of anilines is 1. The van der Waals surface area contributed by atoms with E-state index in [2.05, 4.69) is 19.2 Å². The zero-order valence-electron chi connectivity index (χ0n) is 18.0. The molecule has 1 N–H and O–H groups in total. The fourth-order valence-corrected chi connectivity index (χ4v) is 7.75. The molecule has 3 fully saturated rings. The lowest BCUT2D eigenvalue weighted by Gasteiger charge is -2.58. The van der Waals surface area contributed by atoms with Crippen molar-refractivity contribution < 1.29 is 14.0 Å². The number of halogens is 1. The van der Waals surface area contributed by atoms with E-state index in [0.717, 1.165) is 44.9 Å². The number of benzene rings is 1. The van der Waals surface area contributed by atoms with E-state index in [1.807, 2.05) is 6.08 Å². The maximum atomic E-state index is 13.2. The van der Waals surface area contributed by atoms with E-state index in [-0.39, 0.29) is 28.5 Å². The van der Waals surface area contributed by atoms with Gasteiger partial charge in [-0.05, 0) is 104 Å². The molecule has 0 radical (unpaired) electrons. The van der Waals surface area contributed by atoms with Crippen LogP contribution < -0.4 is 5.32 Å². The fourth-order valence-electron chi connectivity index (χ4n) is 7.75. The van der Waals surface area contributed by atoms with Crippen LogP contribution in [0.3, 0.4) is 0 Å². The number of fused-ring (bicyclic) bond motifs is 5. The number of carbonyl (C=O) groups excluding carboxylic acids is 2. The molecule has 5 rings (SSSR count). The van der Waals surface area contributed by atoms with Gasteiger partial charge in [-0.25, -0.2) is 4.39 Å². The fraction of sp³-hybridized carbons (Fsp3) is 0.615. The van der Waals surface area contributed by atoms with Crippen molar-refractivity contribution in [1.82, 2.24) is 0 Å². The molecule has 1 aromatic carbocycles. The predicted octanol–water partition coefficient (Wildman–Crippen LogP) is 5.91. The molecule has 0 bridgehead atoms. The van der Waals surface area contributed by atoms with Gasteiger partial charge in [-0.3, -0.25) is 9.59 Å². The predicted molar refractivity (Wildman–Crippen MR) is 115 cm³/mol. The molecule has 160 valence electrons. The monoisotopic (exact) mass is 409 g/mol. The molecule has 1 aromatic rings. The van der Waals surface area contributed by atoms with Gasteiger partial charge in [-0.15, -0.1) is 0 Å². The van der Waals surface area contributed by atoms with E-state index in [0.29, 0.717) is 35.6 Å². The zero-order chi connectivity index (χ0) is 21.1. The lowest BCUT2D eigenvalue weighted by molar-refractivity contribution is -0.127. The maximum absolute atomic E-state index is 13.2. The second-order valence-corrected chi connectivity index (χ2v) is 10.6. The summed E-state index contributed by atoms with van der Waals surface area (Å²) in [6.45, 7) is 4.74. The van der Waals surface area contributed by atoms with Gasteiger partial charge in [0.1, 0.15) is 5.82 Å². The minimum atomic E-state index is -0.289. The van der Waals surface area contributed by atoms with E-state index in [9.17, 15) is 14.0 Å². The summed E-state index contributed by atoms with van der Waals surface area (Å²) in [5.74, 6) is 2.01. The van der Waals surface area contributed by atoms with Gasteiger partial charge in [0.25, 0.3) is 0 Å². The summed E-state index contributed by atoms with van der Waals surface area (Å²) < 4.78 is 13.2. The highest BCUT2D eigenvalue weighted by molar-refractivity contribution is 5.93. The Bertz CT molecular complexity index is 906. The van der Waals surface area contributed by atoms with Crippen LogP contribution in [0.4, 0.5) is 10.1 Å². The van der Waals surface area contributed by atoms with Gasteiger partial charge in [0.15, 0.2) is 5.78 Å². The highest BCUT2D eigenvalue weighted by Gasteiger charge is 2.60. The Morgan fingerprint density at radius 1 is 1.00 bits per heavy atom. The van der Waals surface area contributed by atoms with Crippen LogP contribution in [0.1, 0.15) is 65.2 Å². The topological polar surface area (TPSA) is 46.2 Å². The Hall–Kier alpha value is -1.97. The Morgan fingerprint density at radius 3 is 2.53 bits per heavy atom. The van der Waals surface area contributed by atoms with Crippen LogP contribution in [-0.2, 0) is 9.59 Å². The van der Waals surface area contributed by atoms with Crippen LogP contribution in [0.2, 0.25) is 0 Å². The SMILES string of the molecule is C[C@]12CC[C@H]3[C@@H](CCC4=CC(=O)CC[C@@]43C)[C@@H]1CC[C@@H]2C(=O)Nc1ccc(F)cc1. The lowest BCUT2D eigenvalue weighted by Crippen LogP contribution is -2.51.